The summed E-state index contributed by atoms with van der Waals surface area (Å²) in [6.45, 7) is 1.27. The summed E-state index contributed by atoms with van der Waals surface area (Å²) in [6, 6.07) is 0. The van der Waals surface area contributed by atoms with E-state index in [4.69, 9.17) is 0 Å². The van der Waals surface area contributed by atoms with E-state index in [1.54, 1.807) is 30.3 Å². The predicted molar refractivity (Wildman–Crippen MR) is 74.8 cm³/mol. The van der Waals surface area contributed by atoms with E-state index in [1.807, 2.05) is 27.2 Å². The van der Waals surface area contributed by atoms with Crippen LogP contribution in [-0.4, -0.2) is 56.6 Å². The second-order valence-corrected chi connectivity index (χ2v) is 5.41. The summed E-state index contributed by atoms with van der Waals surface area (Å²) in [5, 5.41) is 5.58. The number of nitrogens with zero attached hydrogens (tertiary/aromatic N) is 3. The Morgan fingerprint density at radius 3 is 2.58 bits per heavy atom. The van der Waals surface area contributed by atoms with Gasteiger partial charge in [0.25, 0.3) is 5.91 Å². The van der Waals surface area contributed by atoms with Gasteiger partial charge in [0.2, 0.25) is 0 Å². The van der Waals surface area contributed by atoms with Crippen LogP contribution in [-0.2, 0) is 4.79 Å². The number of likely N-dealkylation sites (N-methyl/N-ethyl adjacent to an activating group) is 2. The fourth-order valence-electron chi connectivity index (χ4n) is 1.56. The fourth-order valence-corrected chi connectivity index (χ4v) is 1.56. The van der Waals surface area contributed by atoms with E-state index in [0.717, 1.165) is 11.0 Å². The molecule has 1 aliphatic rings. The average Bonchev–Trinajstić information content (AvgIpc) is 2.31. The molecule has 1 rings (SSSR count). The summed E-state index contributed by atoms with van der Waals surface area (Å²) in [6.07, 6.45) is 7.04. The highest BCUT2D eigenvalue weighted by Crippen LogP contribution is 2.15. The third kappa shape index (κ3) is 4.67. The molecule has 0 aliphatic carbocycles. The Morgan fingerprint density at radius 1 is 1.37 bits per heavy atom. The van der Waals surface area contributed by atoms with E-state index in [2.05, 4.69) is 10.5 Å². The van der Waals surface area contributed by atoms with Crippen LogP contribution in [0.15, 0.2) is 41.0 Å². The minimum atomic E-state index is -0.440. The summed E-state index contributed by atoms with van der Waals surface area (Å²) >= 11 is 0. The molecule has 0 spiro atoms. The highest BCUT2D eigenvalue weighted by Gasteiger charge is 2.18. The summed E-state index contributed by atoms with van der Waals surface area (Å²) in [7, 11) is 7.86. The molecule has 0 saturated heterocycles. The van der Waals surface area contributed by atoms with E-state index in [-0.39, 0.29) is 5.70 Å². The number of carbonyl (C=O) groups excluding carboxylic acids is 1. The highest BCUT2D eigenvalue weighted by atomic mass is 16.3. The zero-order chi connectivity index (χ0) is 14.5. The summed E-state index contributed by atoms with van der Waals surface area (Å²) < 4.78 is 0.739. The van der Waals surface area contributed by atoms with Crippen molar-refractivity contribution in [3.05, 3.63) is 40.7 Å². The third-order valence-electron chi connectivity index (χ3n) is 2.67. The quantitative estimate of drug-likeness (QED) is 0.454. The topological polar surface area (TPSA) is 61.8 Å². The number of hydrogen-bond donors (Lipinski definition) is 1. The molecule has 6 heteroatoms. The molecular formula is C13H21N4O2+. The third-order valence-corrected chi connectivity index (χ3v) is 2.67. The first-order valence-electron chi connectivity index (χ1n) is 6.09. The molecule has 0 atom stereocenters. The number of rotatable bonds is 5. The van der Waals surface area contributed by atoms with Crippen molar-refractivity contribution in [1.82, 2.24) is 10.2 Å². The van der Waals surface area contributed by atoms with Crippen molar-refractivity contribution in [3.8, 4) is 0 Å². The smallest absolute Gasteiger partial charge is 0.275 e. The van der Waals surface area contributed by atoms with E-state index in [0.29, 0.717) is 12.2 Å². The number of amides is 1. The zero-order valence-electron chi connectivity index (χ0n) is 11.9. The van der Waals surface area contributed by atoms with Crippen molar-refractivity contribution in [2.45, 2.75) is 0 Å². The van der Waals surface area contributed by atoms with Gasteiger partial charge >= 0.3 is 0 Å². The summed E-state index contributed by atoms with van der Waals surface area (Å²) in [5.41, 5.74) is 0.407. The molecule has 19 heavy (non-hydrogen) atoms. The van der Waals surface area contributed by atoms with Gasteiger partial charge in [0, 0.05) is 13.2 Å². The van der Waals surface area contributed by atoms with Crippen LogP contribution in [0.25, 0.3) is 0 Å². The molecule has 1 amide bonds. The number of carbonyl (C=O) groups is 1. The molecule has 0 saturated carbocycles. The minimum Gasteiger partial charge on any atom is -0.349 e. The maximum atomic E-state index is 12.0. The molecule has 1 heterocycles. The van der Waals surface area contributed by atoms with Gasteiger partial charge in [0.1, 0.15) is 0 Å². The number of quaternary nitrogens is 1. The summed E-state index contributed by atoms with van der Waals surface area (Å²) in [5.74, 6) is -0.440. The van der Waals surface area contributed by atoms with Gasteiger partial charge in [-0.1, -0.05) is 6.08 Å². The van der Waals surface area contributed by atoms with E-state index >= 15 is 0 Å². The molecular weight excluding hydrogens is 244 g/mol. The first kappa shape index (κ1) is 15.1. The fraction of sp³-hybridized carbons (Fsp3) is 0.462. The molecule has 0 aromatic carbocycles. The molecule has 0 aromatic rings. The highest BCUT2D eigenvalue weighted by molar-refractivity contribution is 5.94. The van der Waals surface area contributed by atoms with Gasteiger partial charge in [-0.3, -0.25) is 4.79 Å². The molecule has 6 nitrogen and oxygen atoms in total. The Kier molecular flexibility index (Phi) is 5.00. The predicted octanol–water partition coefficient (Wildman–Crippen LogP) is 0.802. The van der Waals surface area contributed by atoms with Gasteiger partial charge in [0.05, 0.1) is 39.9 Å². The molecule has 0 bridgehead atoms. The molecule has 104 valence electrons. The lowest BCUT2D eigenvalue weighted by atomic mass is 10.2. The molecule has 1 N–H and O–H groups in total. The second-order valence-electron chi connectivity index (χ2n) is 5.41. The van der Waals surface area contributed by atoms with Crippen molar-refractivity contribution < 1.29 is 9.28 Å². The molecule has 1 aliphatic heterocycles. The Labute approximate surface area is 113 Å². The largest absolute Gasteiger partial charge is 0.349 e. The van der Waals surface area contributed by atoms with Crippen LogP contribution in [0.2, 0.25) is 0 Å². The number of allylic oxidation sites excluding steroid dienone is 3. The van der Waals surface area contributed by atoms with E-state index in [1.165, 1.54) is 0 Å². The second kappa shape index (κ2) is 6.29. The van der Waals surface area contributed by atoms with Gasteiger partial charge in [-0.25, -0.2) is 0 Å². The van der Waals surface area contributed by atoms with E-state index < -0.39 is 5.91 Å². The van der Waals surface area contributed by atoms with Gasteiger partial charge in [-0.2, -0.15) is 0 Å². The van der Waals surface area contributed by atoms with Crippen molar-refractivity contribution in [2.75, 3.05) is 41.3 Å². The van der Waals surface area contributed by atoms with Crippen LogP contribution in [0.4, 0.5) is 0 Å². The first-order valence-corrected chi connectivity index (χ1v) is 6.09. The number of nitroso groups, excluding NO2 is 1. The van der Waals surface area contributed by atoms with Gasteiger partial charge < -0.3 is 14.7 Å². The van der Waals surface area contributed by atoms with Crippen LogP contribution < -0.4 is 5.32 Å². The molecule has 0 aromatic heterocycles. The Balaban J connectivity index is 2.73. The average molecular weight is 265 g/mol. The van der Waals surface area contributed by atoms with Crippen LogP contribution in [0, 0.1) is 4.91 Å². The first-order chi connectivity index (χ1) is 8.85. The lowest BCUT2D eigenvalue weighted by Crippen LogP contribution is -2.42. The van der Waals surface area contributed by atoms with Crippen LogP contribution in [0.5, 0.6) is 0 Å². The summed E-state index contributed by atoms with van der Waals surface area (Å²) in [4.78, 5) is 24.5. The van der Waals surface area contributed by atoms with Gasteiger partial charge in [-0.05, 0) is 17.3 Å². The Bertz CT molecular complexity index is 444. The van der Waals surface area contributed by atoms with Crippen molar-refractivity contribution in [1.29, 1.82) is 0 Å². The lowest BCUT2D eigenvalue weighted by molar-refractivity contribution is -0.869. The van der Waals surface area contributed by atoms with Gasteiger partial charge in [-0.15, -0.1) is 4.91 Å². The number of hydrogen-bond acceptors (Lipinski definition) is 4. The minimum absolute atomic E-state index is 0.0930. The Hall–Kier alpha value is -1.95. The van der Waals surface area contributed by atoms with Crippen molar-refractivity contribution >= 4 is 5.91 Å². The van der Waals surface area contributed by atoms with Crippen molar-refractivity contribution in [2.24, 2.45) is 5.18 Å². The Morgan fingerprint density at radius 2 is 2.05 bits per heavy atom. The van der Waals surface area contributed by atoms with Gasteiger partial charge in [0.15, 0.2) is 5.70 Å². The van der Waals surface area contributed by atoms with E-state index in [9.17, 15) is 9.70 Å². The maximum absolute atomic E-state index is 12.0. The maximum Gasteiger partial charge on any atom is 0.275 e. The van der Waals surface area contributed by atoms with Crippen LogP contribution >= 0.6 is 0 Å². The standard InChI is InChI=1S/C13H20N4O2/c1-16-9-6-5-7-11(16)12(15-19)13(18)14-8-10-17(2,3)4/h5-7,9H,8,10H2,1-4H3/p+1/b12-11-. The van der Waals surface area contributed by atoms with Crippen LogP contribution in [0.3, 0.4) is 0 Å². The number of nitrogens with one attached hydrogen (secondary N) is 1. The lowest BCUT2D eigenvalue weighted by Gasteiger charge is -2.24. The SMILES string of the molecule is CN1C=CC=C/C1=C(/N=O)C(=O)NCC[N+](C)(C)C. The normalized spacial score (nSPS) is 17.4. The monoisotopic (exact) mass is 265 g/mol. The van der Waals surface area contributed by atoms with Crippen molar-refractivity contribution in [3.63, 3.8) is 0 Å². The molecule has 0 unspecified atom stereocenters. The molecule has 0 radical (unpaired) electrons. The molecule has 0 fully saturated rings. The van der Waals surface area contributed by atoms with Crippen LogP contribution in [0.1, 0.15) is 0 Å². The zero-order valence-corrected chi connectivity index (χ0v) is 11.9.